The molecule has 108 valence electrons. The maximum absolute atomic E-state index is 11.8. The minimum atomic E-state index is -0.521. The first-order chi connectivity index (χ1) is 9.52. The van der Waals surface area contributed by atoms with Gasteiger partial charge in [-0.05, 0) is 24.8 Å². The number of amides is 2. The molecule has 2 rings (SSSR count). The first-order valence-corrected chi connectivity index (χ1v) is 7.15. The van der Waals surface area contributed by atoms with Crippen LogP contribution >= 0.6 is 11.3 Å². The summed E-state index contributed by atoms with van der Waals surface area (Å²) in [6.45, 7) is 0. The fraction of sp³-hybridized carbons (Fsp3) is 0.462. The van der Waals surface area contributed by atoms with Gasteiger partial charge in [-0.25, -0.2) is 0 Å². The molecule has 0 spiro atoms. The van der Waals surface area contributed by atoms with Crippen molar-refractivity contribution in [3.8, 4) is 0 Å². The number of ether oxygens (including phenoxy) is 1. The molecule has 1 aromatic heterocycles. The second kappa shape index (κ2) is 6.04. The van der Waals surface area contributed by atoms with Crippen LogP contribution in [-0.4, -0.2) is 24.9 Å². The lowest BCUT2D eigenvalue weighted by Crippen LogP contribution is -2.18. The Morgan fingerprint density at radius 2 is 2.05 bits per heavy atom. The number of rotatable bonds is 5. The number of carbonyl (C=O) groups excluding carboxylic acids is 3. The number of fused-ring (bicyclic) bond motifs is 1. The number of nitrogens with one attached hydrogen (secondary N) is 1. The first-order valence-electron chi connectivity index (χ1n) is 6.34. The van der Waals surface area contributed by atoms with Crippen LogP contribution in [-0.2, 0) is 27.2 Å². The number of nitrogens with two attached hydrogens (primary N) is 1. The molecule has 3 N–H and O–H groups in total. The van der Waals surface area contributed by atoms with Gasteiger partial charge in [-0.15, -0.1) is 11.3 Å². The highest BCUT2D eigenvalue weighted by Gasteiger charge is 2.26. The molecule has 0 bridgehead atoms. The van der Waals surface area contributed by atoms with E-state index < -0.39 is 11.9 Å². The molecular formula is C13H16N2O4S. The van der Waals surface area contributed by atoms with Crippen molar-refractivity contribution < 1.29 is 19.1 Å². The van der Waals surface area contributed by atoms with Crippen molar-refractivity contribution in [3.05, 3.63) is 16.0 Å². The highest BCUT2D eigenvalue weighted by atomic mass is 32.1. The van der Waals surface area contributed by atoms with Gasteiger partial charge in [0, 0.05) is 11.3 Å². The molecule has 0 atom stereocenters. The zero-order valence-electron chi connectivity index (χ0n) is 11.2. The van der Waals surface area contributed by atoms with Crippen molar-refractivity contribution in [1.29, 1.82) is 0 Å². The zero-order valence-corrected chi connectivity index (χ0v) is 12.0. The molecule has 0 aromatic carbocycles. The van der Waals surface area contributed by atoms with Crippen LogP contribution in [0.25, 0.3) is 0 Å². The summed E-state index contributed by atoms with van der Waals surface area (Å²) in [6.07, 6.45) is 2.78. The van der Waals surface area contributed by atoms with E-state index in [9.17, 15) is 14.4 Å². The van der Waals surface area contributed by atoms with E-state index in [1.54, 1.807) is 0 Å². The van der Waals surface area contributed by atoms with E-state index in [4.69, 9.17) is 5.73 Å². The largest absolute Gasteiger partial charge is 0.469 e. The van der Waals surface area contributed by atoms with Crippen LogP contribution in [0.4, 0.5) is 5.00 Å². The topological polar surface area (TPSA) is 98.5 Å². The smallest absolute Gasteiger partial charge is 0.306 e. The highest BCUT2D eigenvalue weighted by molar-refractivity contribution is 7.17. The Hall–Kier alpha value is -1.89. The van der Waals surface area contributed by atoms with E-state index in [0.717, 1.165) is 29.7 Å². The number of hydrogen-bond acceptors (Lipinski definition) is 5. The lowest BCUT2D eigenvalue weighted by molar-refractivity contribution is -0.141. The molecule has 1 aliphatic rings. The Labute approximate surface area is 120 Å². The fourth-order valence-electron chi connectivity index (χ4n) is 2.26. The number of thiophene rings is 1. The summed E-state index contributed by atoms with van der Waals surface area (Å²) in [7, 11) is 1.27. The summed E-state index contributed by atoms with van der Waals surface area (Å²) in [5.74, 6) is -1.28. The summed E-state index contributed by atoms with van der Waals surface area (Å²) in [5.41, 5.74) is 6.78. The van der Waals surface area contributed by atoms with Crippen LogP contribution in [0.3, 0.4) is 0 Å². The standard InChI is InChI=1S/C13H16N2O4S/c1-19-10(17)6-5-9(16)15-13-11(12(14)18)7-3-2-4-8(7)20-13/h2-6H2,1H3,(H2,14,18)(H,15,16). The van der Waals surface area contributed by atoms with E-state index in [0.29, 0.717) is 10.6 Å². The van der Waals surface area contributed by atoms with Crippen LogP contribution in [0.5, 0.6) is 0 Å². The van der Waals surface area contributed by atoms with Gasteiger partial charge in [0.1, 0.15) is 5.00 Å². The monoisotopic (exact) mass is 296 g/mol. The molecule has 0 aliphatic heterocycles. The molecule has 6 nitrogen and oxygen atoms in total. The third kappa shape index (κ3) is 2.98. The van der Waals surface area contributed by atoms with Crippen molar-refractivity contribution in [3.63, 3.8) is 0 Å². The molecule has 1 aliphatic carbocycles. The van der Waals surface area contributed by atoms with Gasteiger partial charge in [0.05, 0.1) is 19.1 Å². The molecule has 0 saturated carbocycles. The van der Waals surface area contributed by atoms with Gasteiger partial charge >= 0.3 is 5.97 Å². The molecular weight excluding hydrogens is 280 g/mol. The normalized spacial score (nSPS) is 12.8. The minimum absolute atomic E-state index is 0.0132. The van der Waals surface area contributed by atoms with Crippen LogP contribution < -0.4 is 11.1 Å². The fourth-order valence-corrected chi connectivity index (χ4v) is 3.57. The SMILES string of the molecule is COC(=O)CCC(=O)Nc1sc2c(c1C(N)=O)CCC2. The number of primary amides is 1. The van der Waals surface area contributed by atoms with E-state index in [1.165, 1.54) is 18.4 Å². The molecule has 7 heteroatoms. The lowest BCUT2D eigenvalue weighted by Gasteiger charge is -2.05. The molecule has 0 unspecified atom stereocenters. The summed E-state index contributed by atoms with van der Waals surface area (Å²) < 4.78 is 4.47. The number of carbonyl (C=O) groups is 3. The third-order valence-electron chi connectivity index (χ3n) is 3.20. The maximum Gasteiger partial charge on any atom is 0.306 e. The van der Waals surface area contributed by atoms with Crippen molar-refractivity contribution >= 4 is 34.1 Å². The number of esters is 1. The van der Waals surface area contributed by atoms with Crippen molar-refractivity contribution in [1.82, 2.24) is 0 Å². The van der Waals surface area contributed by atoms with Crippen molar-refractivity contribution in [2.75, 3.05) is 12.4 Å². The van der Waals surface area contributed by atoms with E-state index in [2.05, 4.69) is 10.1 Å². The molecule has 2 amide bonds. The van der Waals surface area contributed by atoms with Gasteiger partial charge in [0.15, 0.2) is 0 Å². The average molecular weight is 296 g/mol. The van der Waals surface area contributed by atoms with Gasteiger partial charge in [0.2, 0.25) is 5.91 Å². The molecule has 0 saturated heterocycles. The number of aryl methyl sites for hydroxylation is 1. The van der Waals surface area contributed by atoms with E-state index >= 15 is 0 Å². The number of anilines is 1. The Bertz CT molecular complexity index is 565. The second-order valence-corrected chi connectivity index (χ2v) is 5.66. The van der Waals surface area contributed by atoms with Crippen LogP contribution in [0.2, 0.25) is 0 Å². The predicted molar refractivity (Wildman–Crippen MR) is 74.7 cm³/mol. The van der Waals surface area contributed by atoms with Gasteiger partial charge in [-0.2, -0.15) is 0 Å². The van der Waals surface area contributed by atoms with Gasteiger partial charge in [-0.3, -0.25) is 14.4 Å². The molecule has 1 aromatic rings. The Morgan fingerprint density at radius 1 is 1.30 bits per heavy atom. The third-order valence-corrected chi connectivity index (χ3v) is 4.41. The molecule has 1 heterocycles. The highest BCUT2D eigenvalue weighted by Crippen LogP contribution is 2.38. The summed E-state index contributed by atoms with van der Waals surface area (Å²) in [6, 6.07) is 0. The van der Waals surface area contributed by atoms with E-state index in [1.807, 2.05) is 0 Å². The van der Waals surface area contributed by atoms with Crippen LogP contribution in [0, 0.1) is 0 Å². The Morgan fingerprint density at radius 3 is 2.70 bits per heavy atom. The van der Waals surface area contributed by atoms with Gasteiger partial charge in [0.25, 0.3) is 5.91 Å². The van der Waals surface area contributed by atoms with Crippen molar-refractivity contribution in [2.24, 2.45) is 5.73 Å². The predicted octanol–water partition coefficient (Wildman–Crippen LogP) is 1.23. The average Bonchev–Trinajstić information content (AvgIpc) is 2.95. The molecule has 20 heavy (non-hydrogen) atoms. The van der Waals surface area contributed by atoms with Crippen LogP contribution in [0.15, 0.2) is 0 Å². The zero-order chi connectivity index (χ0) is 14.7. The van der Waals surface area contributed by atoms with Crippen molar-refractivity contribution in [2.45, 2.75) is 32.1 Å². The number of hydrogen-bond donors (Lipinski definition) is 2. The minimum Gasteiger partial charge on any atom is -0.469 e. The summed E-state index contributed by atoms with van der Waals surface area (Å²) in [5, 5.41) is 3.17. The van der Waals surface area contributed by atoms with E-state index in [-0.39, 0.29) is 18.7 Å². The lowest BCUT2D eigenvalue weighted by atomic mass is 10.1. The summed E-state index contributed by atoms with van der Waals surface area (Å²) in [4.78, 5) is 35.4. The maximum atomic E-state index is 11.8. The van der Waals surface area contributed by atoms with Gasteiger partial charge in [-0.1, -0.05) is 0 Å². The van der Waals surface area contributed by atoms with Gasteiger partial charge < -0.3 is 15.8 Å². The molecule has 0 radical (unpaired) electrons. The molecule has 0 fully saturated rings. The quantitative estimate of drug-likeness (QED) is 0.798. The first kappa shape index (κ1) is 14.5. The second-order valence-electron chi connectivity index (χ2n) is 4.55. The Kier molecular flexibility index (Phi) is 4.39. The van der Waals surface area contributed by atoms with Crippen LogP contribution in [0.1, 0.15) is 40.1 Å². The Balaban J connectivity index is 2.08. The number of methoxy groups -OCH3 is 1. The summed E-state index contributed by atoms with van der Waals surface area (Å²) >= 11 is 1.40.